The maximum absolute atomic E-state index is 12.1. The number of esters is 5. The molecule has 0 saturated carbocycles. The molecule has 10 rings (SSSR count). The summed E-state index contributed by atoms with van der Waals surface area (Å²) in [5.41, 5.74) is 7.66. The molecule has 0 spiro atoms. The Morgan fingerprint density at radius 3 is 1.04 bits per heavy atom. The van der Waals surface area contributed by atoms with Crippen molar-refractivity contribution in [2.75, 3.05) is 27.4 Å². The fraction of sp³-hybridized carbons (Fsp3) is 0.275. The van der Waals surface area contributed by atoms with Gasteiger partial charge in [-0.25, -0.2) is 48.9 Å². The van der Waals surface area contributed by atoms with E-state index in [0.717, 1.165) is 27.8 Å². The zero-order valence-corrected chi connectivity index (χ0v) is 63.5. The summed E-state index contributed by atoms with van der Waals surface area (Å²) in [6.45, 7) is 18.0. The normalized spacial score (nSPS) is 12.2. The minimum absolute atomic E-state index is 0.00233. The van der Waals surface area contributed by atoms with Crippen molar-refractivity contribution >= 4 is 125 Å². The summed E-state index contributed by atoms with van der Waals surface area (Å²) in [5.74, 6) is -1.91. The standard InChI is InChI=1S/C15H17BrN2O2.2C14H15BrN2O2.C13H12Br2N2O2.C13H13BrN2O2/c1-10(2)20-14(19)13-9-17-15(16)18(13)11(3)12-7-5-4-6-8-12;1-3-19-14(18)12-13(15)16-9-17(12)10(2)11-7-5-4-6-8-11;1-3-19-13(18)12-9-16-14(15)17(12)10(2)11-7-5-4-6-8-11;1-8(9-6-4-3-5-7-9)17-10(12(18)19-2)11(14)16-13(17)15;1-9(10-6-4-3-5-7-10)16-8-15-12(14)11(16)13(17)18-2/h4-11H,1-3H3;2*4-10H,3H2,1-2H3;3-8H,1-2H3;3-9H,1-2H3/t11-;2*10-;8-;9-/m11111/s1. The molecule has 95 heavy (non-hydrogen) atoms. The van der Waals surface area contributed by atoms with Crippen molar-refractivity contribution < 1.29 is 47.7 Å². The summed E-state index contributed by atoms with van der Waals surface area (Å²) in [6.07, 6.45) is 6.19. The maximum Gasteiger partial charge on any atom is 0.357 e. The number of ether oxygens (including phenoxy) is 5. The van der Waals surface area contributed by atoms with Gasteiger partial charge < -0.3 is 46.5 Å². The van der Waals surface area contributed by atoms with Gasteiger partial charge in [-0.3, -0.25) is 0 Å². The highest BCUT2D eigenvalue weighted by molar-refractivity contribution is 9.11. The van der Waals surface area contributed by atoms with Crippen LogP contribution < -0.4 is 0 Å². The van der Waals surface area contributed by atoms with E-state index < -0.39 is 11.9 Å². The van der Waals surface area contributed by atoms with Crippen LogP contribution in [0.1, 0.15) is 173 Å². The molecule has 500 valence electrons. The zero-order valence-electron chi connectivity index (χ0n) is 53.9. The number of nitrogens with zero attached hydrogens (tertiary/aromatic N) is 10. The van der Waals surface area contributed by atoms with E-state index in [9.17, 15) is 24.0 Å². The third-order valence-electron chi connectivity index (χ3n) is 14.5. The summed E-state index contributed by atoms with van der Waals surface area (Å²) in [6, 6.07) is 49.7. The van der Waals surface area contributed by atoms with E-state index in [-0.39, 0.29) is 54.2 Å². The van der Waals surface area contributed by atoms with Gasteiger partial charge in [-0.05, 0) is 186 Å². The quantitative estimate of drug-likeness (QED) is 0.0576. The fourth-order valence-electron chi connectivity index (χ4n) is 9.57. The molecule has 26 heteroatoms. The minimum atomic E-state index is -0.423. The second-order valence-electron chi connectivity index (χ2n) is 20.8. The van der Waals surface area contributed by atoms with Crippen LogP contribution in [0.4, 0.5) is 0 Å². The van der Waals surface area contributed by atoms with Crippen molar-refractivity contribution in [3.63, 3.8) is 0 Å². The van der Waals surface area contributed by atoms with Crippen molar-refractivity contribution in [2.24, 2.45) is 0 Å². The van der Waals surface area contributed by atoms with Gasteiger partial charge in [0.05, 0.1) is 88.8 Å². The summed E-state index contributed by atoms with van der Waals surface area (Å²) in [5, 5.41) is 0. The fourth-order valence-corrected chi connectivity index (χ4v) is 13.1. The van der Waals surface area contributed by atoms with Gasteiger partial charge in [-0.15, -0.1) is 0 Å². The topological polar surface area (TPSA) is 221 Å². The van der Waals surface area contributed by atoms with Crippen LogP contribution in [0.3, 0.4) is 0 Å². The average molecular weight is 1680 g/mol. The van der Waals surface area contributed by atoms with Crippen LogP contribution >= 0.6 is 95.6 Å². The van der Waals surface area contributed by atoms with E-state index in [4.69, 9.17) is 23.7 Å². The lowest BCUT2D eigenvalue weighted by atomic mass is 10.1. The van der Waals surface area contributed by atoms with Crippen LogP contribution in [0.5, 0.6) is 0 Å². The van der Waals surface area contributed by atoms with Gasteiger partial charge in [-0.2, -0.15) is 0 Å². The van der Waals surface area contributed by atoms with Crippen LogP contribution in [0.25, 0.3) is 0 Å². The molecule has 0 saturated heterocycles. The van der Waals surface area contributed by atoms with E-state index in [1.165, 1.54) is 26.6 Å². The molecule has 0 amide bonds. The molecule has 5 aromatic heterocycles. The smallest absolute Gasteiger partial charge is 0.357 e. The summed E-state index contributed by atoms with van der Waals surface area (Å²) in [4.78, 5) is 80.4. The van der Waals surface area contributed by atoms with Crippen LogP contribution in [-0.2, 0) is 23.7 Å². The van der Waals surface area contributed by atoms with Gasteiger partial charge in [-0.1, -0.05) is 152 Å². The van der Waals surface area contributed by atoms with Gasteiger partial charge >= 0.3 is 29.8 Å². The second-order valence-corrected chi connectivity index (χ2v) is 25.2. The molecule has 0 fully saturated rings. The average Bonchev–Trinajstić information content (AvgIpc) is 1.70. The van der Waals surface area contributed by atoms with Gasteiger partial charge in [0.15, 0.2) is 31.3 Å². The number of rotatable bonds is 18. The molecule has 20 nitrogen and oxygen atoms in total. The van der Waals surface area contributed by atoms with E-state index in [1.54, 1.807) is 35.6 Å². The van der Waals surface area contributed by atoms with Crippen molar-refractivity contribution in [2.45, 2.75) is 98.6 Å². The first-order chi connectivity index (χ1) is 45.5. The Morgan fingerprint density at radius 2 is 0.695 bits per heavy atom. The van der Waals surface area contributed by atoms with Crippen LogP contribution in [0.2, 0.25) is 0 Å². The van der Waals surface area contributed by atoms with Crippen LogP contribution in [0.15, 0.2) is 205 Å². The lowest BCUT2D eigenvalue weighted by Crippen LogP contribution is -2.18. The molecular formula is C69H72Br6N10O10. The summed E-state index contributed by atoms with van der Waals surface area (Å²) < 4.78 is 37.3. The number of halogens is 6. The van der Waals surface area contributed by atoms with Crippen LogP contribution in [-0.4, -0.2) is 111 Å². The maximum atomic E-state index is 12.1. The van der Waals surface area contributed by atoms with Gasteiger partial charge in [0, 0.05) is 0 Å². The molecule has 10 aromatic rings. The molecule has 5 aromatic carbocycles. The Morgan fingerprint density at radius 1 is 0.379 bits per heavy atom. The molecule has 0 aliphatic carbocycles. The zero-order chi connectivity index (χ0) is 69.5. The lowest BCUT2D eigenvalue weighted by Gasteiger charge is -2.18. The van der Waals surface area contributed by atoms with Crippen LogP contribution in [0, 0.1) is 0 Å². The van der Waals surface area contributed by atoms with Crippen molar-refractivity contribution in [3.05, 3.63) is 261 Å². The van der Waals surface area contributed by atoms with Gasteiger partial charge in [0.1, 0.15) is 25.2 Å². The number of hydrogen-bond acceptors (Lipinski definition) is 15. The molecule has 0 unspecified atom stereocenters. The lowest BCUT2D eigenvalue weighted by molar-refractivity contribution is 0.0361. The van der Waals surface area contributed by atoms with E-state index >= 15 is 0 Å². The first kappa shape index (κ1) is 76.4. The molecule has 0 radical (unpaired) electrons. The molecule has 0 bridgehead atoms. The van der Waals surface area contributed by atoms with Gasteiger partial charge in [0.25, 0.3) is 0 Å². The van der Waals surface area contributed by atoms with Gasteiger partial charge in [0.2, 0.25) is 0 Å². The second kappa shape index (κ2) is 37.6. The highest BCUT2D eigenvalue weighted by Crippen LogP contribution is 2.32. The SMILES string of the molecule is CC(C)OC(=O)c1cnc(Br)n1[C@H](C)c1ccccc1.CCOC(=O)c1c(Br)ncn1[C@H](C)c1ccccc1.CCOC(=O)c1cnc(Br)n1[C@H](C)c1ccccc1.COC(=O)c1c(Br)nc(Br)n1[C@H](C)c1ccccc1.COC(=O)c1c(Br)ncn1[C@H](C)c1ccccc1. The largest absolute Gasteiger partial charge is 0.464 e. The molecular weight excluding hydrogens is 1610 g/mol. The Hall–Kier alpha value is -7.62. The molecule has 0 N–H and O–H groups in total. The highest BCUT2D eigenvalue weighted by atomic mass is 79.9. The Labute approximate surface area is 603 Å². The number of imidazole rings is 5. The molecule has 5 atom stereocenters. The van der Waals surface area contributed by atoms with Crippen molar-refractivity contribution in [3.8, 4) is 0 Å². The monoisotopic (exact) mass is 1670 g/mol. The Bertz CT molecular complexity index is 4090. The number of carbonyl (C=O) groups is 5. The number of methoxy groups -OCH3 is 2. The van der Waals surface area contributed by atoms with Crippen molar-refractivity contribution in [1.82, 2.24) is 47.8 Å². The first-order valence-corrected chi connectivity index (χ1v) is 34.6. The molecule has 5 heterocycles. The highest BCUT2D eigenvalue weighted by Gasteiger charge is 2.28. The number of hydrogen-bond donors (Lipinski definition) is 0. The molecule has 0 aliphatic rings. The summed E-state index contributed by atoms with van der Waals surface area (Å²) in [7, 11) is 2.71. The first-order valence-electron chi connectivity index (χ1n) is 29.8. The Kier molecular flexibility index (Phi) is 30.3. The van der Waals surface area contributed by atoms with E-state index in [2.05, 4.69) is 120 Å². The summed E-state index contributed by atoms with van der Waals surface area (Å²) >= 11 is 20.0. The van der Waals surface area contributed by atoms with E-state index in [1.807, 2.05) is 214 Å². The minimum Gasteiger partial charge on any atom is -0.464 e. The molecule has 0 aliphatic heterocycles. The number of benzene rings is 5. The third kappa shape index (κ3) is 20.2. The van der Waals surface area contributed by atoms with E-state index in [0.29, 0.717) is 69.7 Å². The predicted octanol–water partition coefficient (Wildman–Crippen LogP) is 17.5. The Balaban J connectivity index is 0.000000188. The van der Waals surface area contributed by atoms with Crippen molar-refractivity contribution in [1.29, 1.82) is 0 Å². The number of aromatic nitrogens is 10. The number of carbonyl (C=O) groups excluding carboxylic acids is 5. The predicted molar refractivity (Wildman–Crippen MR) is 384 cm³/mol. The third-order valence-corrected chi connectivity index (χ3v) is 17.9.